The second kappa shape index (κ2) is 8.93. The molecule has 0 atom stereocenters. The van der Waals surface area contributed by atoms with E-state index in [4.69, 9.17) is 10.5 Å². The topological polar surface area (TPSA) is 97.6 Å². The fourth-order valence-electron chi connectivity index (χ4n) is 3.59. The summed E-state index contributed by atoms with van der Waals surface area (Å²) in [5.74, 6) is -0.119. The molecule has 3 heterocycles. The van der Waals surface area contributed by atoms with Gasteiger partial charge in [-0.3, -0.25) is 0 Å². The van der Waals surface area contributed by atoms with Crippen LogP contribution >= 0.6 is 11.3 Å². The van der Waals surface area contributed by atoms with Crippen molar-refractivity contribution in [1.29, 1.82) is 0 Å². The summed E-state index contributed by atoms with van der Waals surface area (Å²) in [6, 6.07) is 13.1. The quantitative estimate of drug-likeness (QED) is 0.567. The number of nitrogens with two attached hydrogens (primary N) is 1. The zero-order valence-electron chi connectivity index (χ0n) is 17.6. The fourth-order valence-corrected chi connectivity index (χ4v) is 4.57. The molecule has 7 nitrogen and oxygen atoms in total. The number of nitrogen functional groups attached to an aromatic ring is 1. The lowest BCUT2D eigenvalue weighted by molar-refractivity contribution is 0.0164. The van der Waals surface area contributed by atoms with E-state index in [1.54, 1.807) is 4.90 Å². The Hall–Kier alpha value is -3.13. The molecule has 1 aliphatic heterocycles. The van der Waals surface area contributed by atoms with Crippen LogP contribution in [0.15, 0.2) is 42.5 Å². The Bertz CT molecular complexity index is 1090. The molecule has 0 saturated carbocycles. The van der Waals surface area contributed by atoms with E-state index >= 15 is 0 Å². The van der Waals surface area contributed by atoms with Gasteiger partial charge in [0.05, 0.1) is 5.69 Å². The van der Waals surface area contributed by atoms with Crippen LogP contribution < -0.4 is 11.1 Å². The number of nitrogens with zero attached hydrogens (tertiary/aromatic N) is 2. The molecule has 31 heavy (non-hydrogen) atoms. The first kappa shape index (κ1) is 21.1. The van der Waals surface area contributed by atoms with Gasteiger partial charge in [-0.2, -0.15) is 0 Å². The van der Waals surface area contributed by atoms with Crippen molar-refractivity contribution in [2.45, 2.75) is 38.7 Å². The number of benzene rings is 1. The number of hydrogen-bond acceptors (Lipinski definition) is 6. The van der Waals surface area contributed by atoms with Crippen LogP contribution in [0.25, 0.3) is 10.2 Å². The summed E-state index contributed by atoms with van der Waals surface area (Å²) in [6.07, 6.45) is 0.945. The molecule has 1 fully saturated rings. The lowest BCUT2D eigenvalue weighted by atomic mass is 10.1. The maximum Gasteiger partial charge on any atom is 0.350 e. The minimum atomic E-state index is -0.418. The molecule has 8 heteroatoms. The van der Waals surface area contributed by atoms with Crippen molar-refractivity contribution in [3.8, 4) is 0 Å². The van der Waals surface area contributed by atoms with E-state index in [0.29, 0.717) is 42.4 Å². The third kappa shape index (κ3) is 4.64. The first-order valence-corrected chi connectivity index (χ1v) is 11.2. The number of carbonyl (C=O) groups is 2. The second-order valence-electron chi connectivity index (χ2n) is 7.98. The Kier molecular flexibility index (Phi) is 6.08. The smallest absolute Gasteiger partial charge is 0.350 e. The number of anilines is 2. The van der Waals surface area contributed by atoms with E-state index in [1.165, 1.54) is 11.3 Å². The van der Waals surface area contributed by atoms with Crippen molar-refractivity contribution in [3.05, 3.63) is 53.0 Å². The number of thiophene rings is 1. The van der Waals surface area contributed by atoms with E-state index in [0.717, 1.165) is 21.6 Å². The molecule has 0 radical (unpaired) electrons. The summed E-state index contributed by atoms with van der Waals surface area (Å²) in [5, 5.41) is 3.67. The maximum atomic E-state index is 12.8. The largest absolute Gasteiger partial charge is 0.458 e. The van der Waals surface area contributed by atoms with Gasteiger partial charge in [-0.05, 0) is 30.2 Å². The molecule has 1 aliphatic rings. The standard InChI is InChI=1S/C23H26N4O3S/c1-14(2)18-9-8-17-19(24)20(31-21(17)26-18)22(28)30-16-10-12-27(13-11-16)23(29)25-15-6-4-3-5-7-15/h3-9,14,16H,10-13,24H2,1-2H3,(H,25,29). The number of carbonyl (C=O) groups excluding carboxylic acids is 2. The van der Waals surface area contributed by atoms with Crippen LogP contribution in [0.5, 0.6) is 0 Å². The minimum absolute atomic E-state index is 0.142. The molecule has 3 N–H and O–H groups in total. The third-order valence-electron chi connectivity index (χ3n) is 5.42. The van der Waals surface area contributed by atoms with Gasteiger partial charge in [0.25, 0.3) is 0 Å². The number of ether oxygens (including phenoxy) is 1. The molecule has 0 unspecified atom stereocenters. The number of likely N-dealkylation sites (tertiary alicyclic amines) is 1. The average molecular weight is 439 g/mol. The summed E-state index contributed by atoms with van der Waals surface area (Å²) in [4.78, 5) is 32.7. The first-order valence-electron chi connectivity index (χ1n) is 10.4. The Morgan fingerprint density at radius 1 is 1.16 bits per heavy atom. The highest BCUT2D eigenvalue weighted by molar-refractivity contribution is 7.21. The third-order valence-corrected chi connectivity index (χ3v) is 6.52. The van der Waals surface area contributed by atoms with Crippen molar-refractivity contribution < 1.29 is 14.3 Å². The predicted octanol–water partition coefficient (Wildman–Crippen LogP) is 4.86. The maximum absolute atomic E-state index is 12.8. The minimum Gasteiger partial charge on any atom is -0.458 e. The van der Waals surface area contributed by atoms with Crippen LogP contribution in [0.3, 0.4) is 0 Å². The summed E-state index contributed by atoms with van der Waals surface area (Å²) >= 11 is 1.27. The number of esters is 1. The Balaban J connectivity index is 1.36. The number of urea groups is 1. The van der Waals surface area contributed by atoms with Gasteiger partial charge in [0.2, 0.25) is 0 Å². The van der Waals surface area contributed by atoms with Gasteiger partial charge in [0, 0.05) is 42.7 Å². The zero-order valence-corrected chi connectivity index (χ0v) is 18.4. The highest BCUT2D eigenvalue weighted by atomic mass is 32.1. The molecule has 0 spiro atoms. The normalized spacial score (nSPS) is 14.7. The van der Waals surface area contributed by atoms with Gasteiger partial charge in [0.15, 0.2) is 0 Å². The van der Waals surface area contributed by atoms with E-state index in [-0.39, 0.29) is 12.1 Å². The number of fused-ring (bicyclic) bond motifs is 1. The number of hydrogen-bond donors (Lipinski definition) is 2. The molecule has 0 aliphatic carbocycles. The van der Waals surface area contributed by atoms with E-state index in [2.05, 4.69) is 24.1 Å². The van der Waals surface area contributed by atoms with Gasteiger partial charge in [-0.15, -0.1) is 11.3 Å². The van der Waals surface area contributed by atoms with Gasteiger partial charge >= 0.3 is 12.0 Å². The van der Waals surface area contributed by atoms with Crippen molar-refractivity contribution in [2.75, 3.05) is 24.1 Å². The van der Waals surface area contributed by atoms with Crippen molar-refractivity contribution in [3.63, 3.8) is 0 Å². The summed E-state index contributed by atoms with van der Waals surface area (Å²) < 4.78 is 5.72. The van der Waals surface area contributed by atoms with Gasteiger partial charge in [0.1, 0.15) is 15.8 Å². The van der Waals surface area contributed by atoms with Crippen molar-refractivity contribution in [2.24, 2.45) is 0 Å². The number of aromatic nitrogens is 1. The summed E-state index contributed by atoms with van der Waals surface area (Å²) in [7, 11) is 0. The highest BCUT2D eigenvalue weighted by Gasteiger charge is 2.27. The Morgan fingerprint density at radius 2 is 1.87 bits per heavy atom. The Labute approximate surface area is 185 Å². The van der Waals surface area contributed by atoms with Crippen LogP contribution in [-0.2, 0) is 4.74 Å². The van der Waals surface area contributed by atoms with E-state index < -0.39 is 5.97 Å². The Morgan fingerprint density at radius 3 is 2.55 bits per heavy atom. The zero-order chi connectivity index (χ0) is 22.0. The number of pyridine rings is 1. The van der Waals surface area contributed by atoms with E-state index in [9.17, 15) is 9.59 Å². The summed E-state index contributed by atoms with van der Waals surface area (Å²) in [5.41, 5.74) is 8.37. The second-order valence-corrected chi connectivity index (χ2v) is 8.98. The molecule has 3 aromatic rings. The molecule has 0 bridgehead atoms. The molecule has 2 aromatic heterocycles. The lowest BCUT2D eigenvalue weighted by Crippen LogP contribution is -2.43. The number of amides is 2. The van der Waals surface area contributed by atoms with Crippen LogP contribution in [0, 0.1) is 0 Å². The fraction of sp³-hybridized carbons (Fsp3) is 0.348. The monoisotopic (exact) mass is 438 g/mol. The molecule has 2 amide bonds. The van der Waals surface area contributed by atoms with Gasteiger partial charge in [-0.1, -0.05) is 32.0 Å². The number of piperidine rings is 1. The molecule has 1 saturated heterocycles. The molecule has 4 rings (SSSR count). The van der Waals surface area contributed by atoms with Gasteiger partial charge in [-0.25, -0.2) is 14.6 Å². The van der Waals surface area contributed by atoms with Crippen LogP contribution in [0.1, 0.15) is 48.0 Å². The van der Waals surface area contributed by atoms with Crippen LogP contribution in [0.4, 0.5) is 16.2 Å². The number of rotatable bonds is 4. The number of nitrogens with one attached hydrogen (secondary N) is 1. The predicted molar refractivity (Wildman–Crippen MR) is 124 cm³/mol. The van der Waals surface area contributed by atoms with Crippen LogP contribution in [0.2, 0.25) is 0 Å². The molecular weight excluding hydrogens is 412 g/mol. The molecule has 162 valence electrons. The molecule has 1 aromatic carbocycles. The SMILES string of the molecule is CC(C)c1ccc2c(N)c(C(=O)OC3CCN(C(=O)Nc4ccccc4)CC3)sc2n1. The highest BCUT2D eigenvalue weighted by Crippen LogP contribution is 2.34. The molecular formula is C23H26N4O3S. The van der Waals surface area contributed by atoms with Gasteiger partial charge < -0.3 is 20.7 Å². The van der Waals surface area contributed by atoms with Crippen molar-refractivity contribution >= 4 is 44.9 Å². The summed E-state index contributed by atoms with van der Waals surface area (Å²) in [6.45, 7) is 5.20. The average Bonchev–Trinajstić information content (AvgIpc) is 3.11. The first-order chi connectivity index (χ1) is 14.9. The van der Waals surface area contributed by atoms with E-state index in [1.807, 2.05) is 42.5 Å². The lowest BCUT2D eigenvalue weighted by Gasteiger charge is -2.31. The van der Waals surface area contributed by atoms with Crippen LogP contribution in [-0.4, -0.2) is 41.1 Å². The number of para-hydroxylation sites is 1. The van der Waals surface area contributed by atoms with Crippen molar-refractivity contribution in [1.82, 2.24) is 9.88 Å².